The molecule has 1 aliphatic heterocycles. The Morgan fingerprint density at radius 2 is 1.90 bits per heavy atom. The second-order valence-corrected chi connectivity index (χ2v) is 7.48. The van der Waals surface area contributed by atoms with Crippen LogP contribution in [0, 0.1) is 0 Å². The quantitative estimate of drug-likeness (QED) is 0.697. The zero-order valence-corrected chi connectivity index (χ0v) is 16.8. The van der Waals surface area contributed by atoms with Crippen LogP contribution in [0.2, 0.25) is 5.02 Å². The van der Waals surface area contributed by atoms with Crippen molar-refractivity contribution in [1.29, 1.82) is 0 Å². The molecule has 1 atom stereocenters. The van der Waals surface area contributed by atoms with Crippen molar-refractivity contribution >= 4 is 29.2 Å². The van der Waals surface area contributed by atoms with Gasteiger partial charge in [-0.3, -0.25) is 14.5 Å². The topological polar surface area (TPSA) is 67.2 Å². The average Bonchev–Trinajstić information content (AvgIpc) is 3.16. The highest BCUT2D eigenvalue weighted by Crippen LogP contribution is 2.28. The van der Waals surface area contributed by atoms with Crippen LogP contribution in [-0.4, -0.2) is 28.1 Å². The molecule has 0 radical (unpaired) electrons. The van der Waals surface area contributed by atoms with E-state index in [0.29, 0.717) is 23.8 Å². The van der Waals surface area contributed by atoms with E-state index >= 15 is 0 Å². The zero-order chi connectivity index (χ0) is 20.4. The number of amides is 2. The second kappa shape index (κ2) is 8.09. The summed E-state index contributed by atoms with van der Waals surface area (Å²) in [7, 11) is 0. The SMILES string of the molecule is CC(NC(=O)CN1C(=O)CCn2nc(-c3ccc(Cl)cc3)cc21)c1ccccc1. The van der Waals surface area contributed by atoms with Gasteiger partial charge >= 0.3 is 0 Å². The lowest BCUT2D eigenvalue weighted by Gasteiger charge is -2.27. The highest BCUT2D eigenvalue weighted by molar-refractivity contribution is 6.30. The van der Waals surface area contributed by atoms with Gasteiger partial charge in [-0.15, -0.1) is 0 Å². The molecule has 148 valence electrons. The third-order valence-corrected chi connectivity index (χ3v) is 5.24. The van der Waals surface area contributed by atoms with Crippen molar-refractivity contribution < 1.29 is 9.59 Å². The molecule has 0 aliphatic carbocycles. The number of aryl methyl sites for hydroxylation is 1. The molecule has 0 spiro atoms. The summed E-state index contributed by atoms with van der Waals surface area (Å²) in [6.45, 7) is 2.39. The fourth-order valence-electron chi connectivity index (χ4n) is 3.44. The van der Waals surface area contributed by atoms with Crippen molar-refractivity contribution in [3.63, 3.8) is 0 Å². The third-order valence-electron chi connectivity index (χ3n) is 4.99. The number of halogens is 1. The Hall–Kier alpha value is -3.12. The van der Waals surface area contributed by atoms with E-state index in [2.05, 4.69) is 10.4 Å². The summed E-state index contributed by atoms with van der Waals surface area (Å²) >= 11 is 5.96. The van der Waals surface area contributed by atoms with E-state index in [1.54, 1.807) is 16.8 Å². The maximum absolute atomic E-state index is 12.6. The summed E-state index contributed by atoms with van der Waals surface area (Å²) in [6.07, 6.45) is 0.316. The average molecular weight is 409 g/mol. The molecule has 1 N–H and O–H groups in total. The number of nitrogens with one attached hydrogen (secondary N) is 1. The molecule has 0 bridgehead atoms. The number of benzene rings is 2. The monoisotopic (exact) mass is 408 g/mol. The van der Waals surface area contributed by atoms with Crippen molar-refractivity contribution in [3.8, 4) is 11.3 Å². The molecule has 2 aromatic carbocycles. The Morgan fingerprint density at radius 3 is 2.62 bits per heavy atom. The number of hydrogen-bond acceptors (Lipinski definition) is 3. The maximum Gasteiger partial charge on any atom is 0.240 e. The molecule has 2 heterocycles. The number of carbonyl (C=O) groups excluding carboxylic acids is 2. The van der Waals surface area contributed by atoms with E-state index in [-0.39, 0.29) is 24.4 Å². The lowest BCUT2D eigenvalue weighted by molar-refractivity contribution is -0.124. The first-order chi connectivity index (χ1) is 14.0. The minimum absolute atomic E-state index is 0.0399. The fourth-order valence-corrected chi connectivity index (χ4v) is 3.57. The van der Waals surface area contributed by atoms with Crippen LogP contribution in [0.5, 0.6) is 0 Å². The Bertz CT molecular complexity index is 1030. The van der Waals surface area contributed by atoms with Gasteiger partial charge in [0.1, 0.15) is 12.4 Å². The maximum atomic E-state index is 12.6. The fraction of sp³-hybridized carbons (Fsp3) is 0.227. The Labute approximate surface area is 174 Å². The molecule has 3 aromatic rings. The highest BCUT2D eigenvalue weighted by atomic mass is 35.5. The normalized spacial score (nSPS) is 14.4. The van der Waals surface area contributed by atoms with Crippen LogP contribution in [-0.2, 0) is 16.1 Å². The van der Waals surface area contributed by atoms with Crippen molar-refractivity contribution in [3.05, 3.63) is 71.2 Å². The van der Waals surface area contributed by atoms with Gasteiger partial charge in [-0.1, -0.05) is 54.1 Å². The minimum atomic E-state index is -0.211. The molecular formula is C22H21ClN4O2. The molecule has 0 saturated heterocycles. The number of aromatic nitrogens is 2. The van der Waals surface area contributed by atoms with Crippen LogP contribution in [0.1, 0.15) is 24.9 Å². The summed E-state index contributed by atoms with van der Waals surface area (Å²) in [4.78, 5) is 26.6. The largest absolute Gasteiger partial charge is 0.348 e. The first kappa shape index (κ1) is 19.2. The first-order valence-electron chi connectivity index (χ1n) is 9.50. The van der Waals surface area contributed by atoms with E-state index in [9.17, 15) is 9.59 Å². The van der Waals surface area contributed by atoms with Gasteiger partial charge in [0.05, 0.1) is 18.3 Å². The number of rotatable bonds is 5. The van der Waals surface area contributed by atoms with E-state index in [0.717, 1.165) is 16.8 Å². The number of hydrogen-bond donors (Lipinski definition) is 1. The summed E-state index contributed by atoms with van der Waals surface area (Å²) in [6, 6.07) is 18.8. The van der Waals surface area contributed by atoms with Crippen LogP contribution in [0.4, 0.5) is 5.82 Å². The Balaban J connectivity index is 1.52. The van der Waals surface area contributed by atoms with Crippen molar-refractivity contribution in [2.75, 3.05) is 11.4 Å². The number of anilines is 1. The smallest absolute Gasteiger partial charge is 0.240 e. The lowest BCUT2D eigenvalue weighted by atomic mass is 10.1. The zero-order valence-electron chi connectivity index (χ0n) is 16.0. The van der Waals surface area contributed by atoms with Crippen LogP contribution in [0.25, 0.3) is 11.3 Å². The molecule has 6 nitrogen and oxygen atoms in total. The van der Waals surface area contributed by atoms with Crippen molar-refractivity contribution in [2.45, 2.75) is 25.9 Å². The molecule has 1 aliphatic rings. The first-order valence-corrected chi connectivity index (χ1v) is 9.87. The third kappa shape index (κ3) is 4.17. The van der Waals surface area contributed by atoms with E-state index < -0.39 is 0 Å². The van der Waals surface area contributed by atoms with Gasteiger partial charge in [-0.25, -0.2) is 4.68 Å². The van der Waals surface area contributed by atoms with Gasteiger partial charge in [0, 0.05) is 23.1 Å². The van der Waals surface area contributed by atoms with E-state index in [4.69, 9.17) is 11.6 Å². The molecular weight excluding hydrogens is 388 g/mol. The van der Waals surface area contributed by atoms with Gasteiger partial charge in [0.25, 0.3) is 0 Å². The minimum Gasteiger partial charge on any atom is -0.348 e. The van der Waals surface area contributed by atoms with Crippen molar-refractivity contribution in [2.24, 2.45) is 0 Å². The predicted octanol–water partition coefficient (Wildman–Crippen LogP) is 3.82. The van der Waals surface area contributed by atoms with E-state index in [1.807, 2.05) is 55.5 Å². The molecule has 4 rings (SSSR count). The molecule has 0 fully saturated rings. The van der Waals surface area contributed by atoms with Gasteiger partial charge in [-0.2, -0.15) is 5.10 Å². The summed E-state index contributed by atoms with van der Waals surface area (Å²) < 4.78 is 1.78. The molecule has 7 heteroatoms. The van der Waals surface area contributed by atoms with Gasteiger partial charge in [0.2, 0.25) is 11.8 Å². The second-order valence-electron chi connectivity index (χ2n) is 7.05. The Kier molecular flexibility index (Phi) is 5.36. The number of carbonyl (C=O) groups is 2. The molecule has 29 heavy (non-hydrogen) atoms. The number of nitrogens with zero attached hydrogens (tertiary/aromatic N) is 3. The van der Waals surface area contributed by atoms with Gasteiger partial charge < -0.3 is 5.32 Å². The van der Waals surface area contributed by atoms with Gasteiger partial charge in [-0.05, 0) is 24.6 Å². The van der Waals surface area contributed by atoms with Crippen LogP contribution in [0.3, 0.4) is 0 Å². The molecule has 2 amide bonds. The predicted molar refractivity (Wildman–Crippen MR) is 113 cm³/mol. The molecule has 0 saturated carbocycles. The Morgan fingerprint density at radius 1 is 1.17 bits per heavy atom. The highest BCUT2D eigenvalue weighted by Gasteiger charge is 2.28. The standard InChI is InChI=1S/C22H21ClN4O2/c1-15(16-5-3-2-4-6-16)24-20(28)14-26-21-13-19(17-7-9-18(23)10-8-17)25-27(21)12-11-22(26)29/h2-10,13,15H,11-12,14H2,1H3,(H,24,28). The lowest BCUT2D eigenvalue weighted by Crippen LogP contribution is -2.44. The summed E-state index contributed by atoms with van der Waals surface area (Å²) in [5, 5.41) is 8.21. The molecule has 1 aromatic heterocycles. The summed E-state index contributed by atoms with van der Waals surface area (Å²) in [5.41, 5.74) is 2.67. The van der Waals surface area contributed by atoms with E-state index in [1.165, 1.54) is 4.90 Å². The van der Waals surface area contributed by atoms with Crippen LogP contribution in [0.15, 0.2) is 60.7 Å². The number of fused-ring (bicyclic) bond motifs is 1. The van der Waals surface area contributed by atoms with Gasteiger partial charge in [0.15, 0.2) is 0 Å². The van der Waals surface area contributed by atoms with Crippen LogP contribution < -0.4 is 10.2 Å². The van der Waals surface area contributed by atoms with Crippen LogP contribution >= 0.6 is 11.6 Å². The van der Waals surface area contributed by atoms with Crippen molar-refractivity contribution in [1.82, 2.24) is 15.1 Å². The summed E-state index contributed by atoms with van der Waals surface area (Å²) in [5.74, 6) is 0.341. The molecule has 1 unspecified atom stereocenters.